The third-order valence-electron chi connectivity index (χ3n) is 6.34. The lowest BCUT2D eigenvalue weighted by molar-refractivity contribution is -0.125. The molecule has 1 spiro atoms. The molecule has 1 aromatic rings. The maximum atomic E-state index is 13.9. The van der Waals surface area contributed by atoms with Crippen molar-refractivity contribution in [3.05, 3.63) is 35.4 Å². The van der Waals surface area contributed by atoms with E-state index in [1.54, 1.807) is 0 Å². The van der Waals surface area contributed by atoms with Crippen LogP contribution >= 0.6 is 24.0 Å². The van der Waals surface area contributed by atoms with Gasteiger partial charge in [-0.3, -0.25) is 0 Å². The van der Waals surface area contributed by atoms with Gasteiger partial charge in [0.05, 0.1) is 12.6 Å². The van der Waals surface area contributed by atoms with Crippen molar-refractivity contribution in [2.45, 2.75) is 57.7 Å². The lowest BCUT2D eigenvalue weighted by Gasteiger charge is -2.57. The molecule has 3 atom stereocenters. The number of hydrogen-bond acceptors (Lipinski definition) is 2. The summed E-state index contributed by atoms with van der Waals surface area (Å²) < 4.78 is 33.3. The van der Waals surface area contributed by atoms with Crippen LogP contribution in [0.25, 0.3) is 0 Å². The Kier molecular flexibility index (Phi) is 6.61. The van der Waals surface area contributed by atoms with E-state index < -0.39 is 11.6 Å². The summed E-state index contributed by atoms with van der Waals surface area (Å²) in [7, 11) is 0. The summed E-state index contributed by atoms with van der Waals surface area (Å²) >= 11 is 0. The number of aliphatic imine (C=N–C) groups is 1. The number of hydrogen-bond donors (Lipinski definition) is 2. The highest BCUT2D eigenvalue weighted by molar-refractivity contribution is 14.0. The number of nitrogens with zero attached hydrogens (tertiary/aromatic N) is 1. The van der Waals surface area contributed by atoms with Gasteiger partial charge in [0, 0.05) is 36.1 Å². The number of fused-ring (bicyclic) bond motifs is 2. The normalized spacial score (nSPS) is 28.4. The molecular formula is C20H28F2IN3O. The third-order valence-corrected chi connectivity index (χ3v) is 6.34. The second kappa shape index (κ2) is 8.59. The van der Waals surface area contributed by atoms with Gasteiger partial charge < -0.3 is 15.4 Å². The molecule has 3 aliphatic rings. The zero-order valence-corrected chi connectivity index (χ0v) is 18.0. The van der Waals surface area contributed by atoms with Crippen LogP contribution < -0.4 is 10.6 Å². The second-order valence-corrected chi connectivity index (χ2v) is 7.74. The monoisotopic (exact) mass is 491 g/mol. The summed E-state index contributed by atoms with van der Waals surface area (Å²) in [5.74, 6) is 0.344. The summed E-state index contributed by atoms with van der Waals surface area (Å²) in [6, 6.07) is 3.85. The van der Waals surface area contributed by atoms with Gasteiger partial charge in [-0.2, -0.15) is 0 Å². The fraction of sp³-hybridized carbons (Fsp3) is 0.650. The molecule has 1 aliphatic heterocycles. The van der Waals surface area contributed by atoms with Crippen LogP contribution in [0.15, 0.2) is 23.2 Å². The Bertz CT molecular complexity index is 694. The minimum atomic E-state index is -0.440. The van der Waals surface area contributed by atoms with Crippen LogP contribution in [0.5, 0.6) is 0 Å². The molecule has 0 aromatic heterocycles. The van der Waals surface area contributed by atoms with Gasteiger partial charge in [-0.25, -0.2) is 13.8 Å². The first-order chi connectivity index (χ1) is 12.6. The molecule has 7 heteroatoms. The zero-order chi connectivity index (χ0) is 18.1. The average molecular weight is 491 g/mol. The Morgan fingerprint density at radius 3 is 2.81 bits per heavy atom. The highest BCUT2D eigenvalue weighted by Gasteiger charge is 2.65. The summed E-state index contributed by atoms with van der Waals surface area (Å²) in [5.41, 5.74) is 0.495. The van der Waals surface area contributed by atoms with Crippen LogP contribution in [0.4, 0.5) is 8.78 Å². The van der Waals surface area contributed by atoms with Gasteiger partial charge in [0.25, 0.3) is 0 Å². The van der Waals surface area contributed by atoms with Crippen LogP contribution in [0.1, 0.15) is 44.6 Å². The molecule has 1 saturated heterocycles. The lowest BCUT2D eigenvalue weighted by Crippen LogP contribution is -2.69. The second-order valence-electron chi connectivity index (χ2n) is 7.74. The number of nitrogens with one attached hydrogen (secondary N) is 2. The van der Waals surface area contributed by atoms with E-state index in [1.807, 2.05) is 6.92 Å². The third kappa shape index (κ3) is 3.81. The first-order valence-corrected chi connectivity index (χ1v) is 9.74. The van der Waals surface area contributed by atoms with E-state index in [0.29, 0.717) is 24.0 Å². The molecule has 4 nitrogen and oxygen atoms in total. The number of ether oxygens (including phenoxy) is 1. The van der Waals surface area contributed by atoms with Gasteiger partial charge in [-0.05, 0) is 44.4 Å². The van der Waals surface area contributed by atoms with Gasteiger partial charge >= 0.3 is 0 Å². The number of benzene rings is 1. The minimum Gasteiger partial charge on any atom is -0.377 e. The van der Waals surface area contributed by atoms with Crippen LogP contribution in [-0.4, -0.2) is 31.3 Å². The van der Waals surface area contributed by atoms with Gasteiger partial charge in [-0.15, -0.1) is 24.0 Å². The number of guanidine groups is 1. The molecule has 0 bridgehead atoms. The summed E-state index contributed by atoms with van der Waals surface area (Å²) in [4.78, 5) is 4.52. The average Bonchev–Trinajstić information content (AvgIpc) is 3.28. The van der Waals surface area contributed by atoms with E-state index in [4.69, 9.17) is 4.74 Å². The molecule has 4 rings (SSSR count). The summed E-state index contributed by atoms with van der Waals surface area (Å²) in [5, 5.41) is 6.86. The van der Waals surface area contributed by atoms with Gasteiger partial charge in [-0.1, -0.05) is 12.8 Å². The van der Waals surface area contributed by atoms with Gasteiger partial charge in [0.1, 0.15) is 11.6 Å². The molecule has 150 valence electrons. The van der Waals surface area contributed by atoms with Crippen molar-refractivity contribution in [3.8, 4) is 0 Å². The van der Waals surface area contributed by atoms with Crippen LogP contribution in [0, 0.1) is 23.0 Å². The molecule has 2 N–H and O–H groups in total. The molecule has 2 aliphatic carbocycles. The first kappa shape index (κ1) is 20.8. The molecule has 0 amide bonds. The van der Waals surface area contributed by atoms with Crippen LogP contribution in [0.2, 0.25) is 0 Å². The van der Waals surface area contributed by atoms with E-state index in [-0.39, 0.29) is 41.5 Å². The Morgan fingerprint density at radius 1 is 1.30 bits per heavy atom. The lowest BCUT2D eigenvalue weighted by atomic mass is 9.54. The van der Waals surface area contributed by atoms with Gasteiger partial charge in [0.2, 0.25) is 0 Å². The minimum absolute atomic E-state index is 0. The van der Waals surface area contributed by atoms with Crippen molar-refractivity contribution in [2.75, 3.05) is 13.2 Å². The summed E-state index contributed by atoms with van der Waals surface area (Å²) in [6.45, 7) is 3.69. The Balaban J connectivity index is 0.00000210. The number of halogens is 3. The van der Waals surface area contributed by atoms with E-state index >= 15 is 0 Å². The van der Waals surface area contributed by atoms with Crippen molar-refractivity contribution >= 4 is 29.9 Å². The van der Waals surface area contributed by atoms with Crippen molar-refractivity contribution in [1.29, 1.82) is 0 Å². The smallest absolute Gasteiger partial charge is 0.191 e. The predicted octanol–water partition coefficient (Wildman–Crippen LogP) is 3.99. The highest BCUT2D eigenvalue weighted by Crippen LogP contribution is 2.60. The van der Waals surface area contributed by atoms with Crippen LogP contribution in [-0.2, 0) is 11.3 Å². The van der Waals surface area contributed by atoms with Crippen LogP contribution in [0.3, 0.4) is 0 Å². The summed E-state index contributed by atoms with van der Waals surface area (Å²) in [6.07, 6.45) is 6.38. The predicted molar refractivity (Wildman–Crippen MR) is 112 cm³/mol. The molecule has 1 heterocycles. The van der Waals surface area contributed by atoms with E-state index in [2.05, 4.69) is 15.6 Å². The topological polar surface area (TPSA) is 45.7 Å². The maximum absolute atomic E-state index is 13.9. The SMILES string of the molecule is CCNC(=NCc1cc(F)ccc1F)NC1C2CCOC2C12CCCC2.I. The first-order valence-electron chi connectivity index (χ1n) is 9.74. The molecule has 2 saturated carbocycles. The maximum Gasteiger partial charge on any atom is 0.191 e. The van der Waals surface area contributed by atoms with Crippen molar-refractivity contribution in [3.63, 3.8) is 0 Å². The Morgan fingerprint density at radius 2 is 2.07 bits per heavy atom. The van der Waals surface area contributed by atoms with Crippen molar-refractivity contribution in [1.82, 2.24) is 10.6 Å². The van der Waals surface area contributed by atoms with E-state index in [9.17, 15) is 8.78 Å². The molecule has 3 fully saturated rings. The molecular weight excluding hydrogens is 463 g/mol. The quantitative estimate of drug-likeness (QED) is 0.381. The Labute approximate surface area is 176 Å². The Hall–Kier alpha value is -0.960. The molecule has 27 heavy (non-hydrogen) atoms. The van der Waals surface area contributed by atoms with Gasteiger partial charge in [0.15, 0.2) is 5.96 Å². The van der Waals surface area contributed by atoms with E-state index in [0.717, 1.165) is 31.7 Å². The largest absolute Gasteiger partial charge is 0.377 e. The molecule has 1 aromatic carbocycles. The highest BCUT2D eigenvalue weighted by atomic mass is 127. The van der Waals surface area contributed by atoms with Crippen molar-refractivity contribution < 1.29 is 13.5 Å². The molecule has 3 unspecified atom stereocenters. The fourth-order valence-corrected chi connectivity index (χ4v) is 5.20. The van der Waals surface area contributed by atoms with Crippen molar-refractivity contribution in [2.24, 2.45) is 16.3 Å². The zero-order valence-electron chi connectivity index (χ0n) is 15.6. The van der Waals surface area contributed by atoms with E-state index in [1.165, 1.54) is 31.7 Å². The fourth-order valence-electron chi connectivity index (χ4n) is 5.20. The molecule has 0 radical (unpaired) electrons. The number of rotatable bonds is 4. The standard InChI is InChI=1S/C20H27F2N3O.HI/c1-2-23-19(24-12-13-11-14(21)5-6-16(13)22)25-17-15-7-10-26-18(15)20(17)8-3-4-9-20;/h5-6,11,15,17-18H,2-4,7-10,12H2,1H3,(H2,23,24,25);1H.